The van der Waals surface area contributed by atoms with Gasteiger partial charge in [-0.15, -0.1) is 11.8 Å². The van der Waals surface area contributed by atoms with Gasteiger partial charge < -0.3 is 10.6 Å². The predicted octanol–water partition coefficient (Wildman–Crippen LogP) is 6.18. The lowest BCUT2D eigenvalue weighted by Gasteiger charge is -2.36. The Labute approximate surface area is 208 Å². The number of benzene rings is 2. The molecule has 0 bridgehead atoms. The van der Waals surface area contributed by atoms with Crippen LogP contribution in [0.3, 0.4) is 0 Å². The fourth-order valence-electron chi connectivity index (χ4n) is 4.94. The van der Waals surface area contributed by atoms with Crippen LogP contribution in [0, 0.1) is 18.8 Å². The van der Waals surface area contributed by atoms with Gasteiger partial charge in [-0.25, -0.2) is 9.97 Å². The normalized spacial score (nSPS) is 15.2. The zero-order valence-corrected chi connectivity index (χ0v) is 20.4. The number of aryl methyl sites for hydroxylation is 1. The van der Waals surface area contributed by atoms with E-state index in [1.54, 1.807) is 18.0 Å². The van der Waals surface area contributed by atoms with Crippen LogP contribution < -0.4 is 10.6 Å². The van der Waals surface area contributed by atoms with Gasteiger partial charge in [0.25, 0.3) is 0 Å². The van der Waals surface area contributed by atoms with Crippen molar-refractivity contribution in [1.29, 1.82) is 0 Å². The Kier molecular flexibility index (Phi) is 5.23. The van der Waals surface area contributed by atoms with Crippen molar-refractivity contribution in [2.45, 2.75) is 36.5 Å². The number of amides is 1. The second-order valence-electron chi connectivity index (χ2n) is 9.16. The van der Waals surface area contributed by atoms with Crippen LogP contribution in [-0.2, 0) is 10.2 Å². The Morgan fingerprint density at radius 1 is 1.06 bits per heavy atom. The van der Waals surface area contributed by atoms with E-state index in [-0.39, 0.29) is 11.3 Å². The molecule has 3 heterocycles. The van der Waals surface area contributed by atoms with Crippen LogP contribution in [0.25, 0.3) is 10.8 Å². The Bertz CT molecular complexity index is 1560. The third-order valence-corrected chi connectivity index (χ3v) is 7.82. The molecule has 0 saturated heterocycles. The molecule has 4 aromatic rings. The molecule has 5 nitrogen and oxygen atoms in total. The van der Waals surface area contributed by atoms with E-state index >= 15 is 0 Å². The van der Waals surface area contributed by atoms with Gasteiger partial charge in [-0.3, -0.25) is 4.79 Å². The fourth-order valence-corrected chi connectivity index (χ4v) is 5.44. The van der Waals surface area contributed by atoms with Crippen molar-refractivity contribution in [3.05, 3.63) is 83.3 Å². The maximum absolute atomic E-state index is 12.5. The van der Waals surface area contributed by atoms with Gasteiger partial charge in [-0.1, -0.05) is 18.4 Å². The van der Waals surface area contributed by atoms with E-state index in [0.717, 1.165) is 63.9 Å². The summed E-state index contributed by atoms with van der Waals surface area (Å²) in [4.78, 5) is 22.9. The molecule has 172 valence electrons. The average Bonchev–Trinajstić information content (AvgIpc) is 3.15. The molecule has 0 radical (unpaired) electrons. The minimum Gasteiger partial charge on any atom is -0.340 e. The average molecular weight is 477 g/mol. The lowest BCUT2D eigenvalue weighted by Crippen LogP contribution is -2.40. The highest BCUT2D eigenvalue weighted by Gasteiger charge is 2.50. The van der Waals surface area contributed by atoms with E-state index in [1.807, 2.05) is 30.5 Å². The highest BCUT2D eigenvalue weighted by molar-refractivity contribution is 7.98. The number of nitrogens with one attached hydrogen (secondary N) is 2. The Hall–Kier alpha value is -3.82. The first-order valence-corrected chi connectivity index (χ1v) is 12.9. The van der Waals surface area contributed by atoms with Crippen LogP contribution in [0.15, 0.2) is 65.8 Å². The number of thioether (sulfide) groups is 1. The van der Waals surface area contributed by atoms with E-state index in [9.17, 15) is 4.79 Å². The van der Waals surface area contributed by atoms with E-state index in [1.165, 1.54) is 4.90 Å². The fraction of sp³-hybridized carbons (Fsp3) is 0.207. The zero-order valence-electron chi connectivity index (χ0n) is 19.6. The summed E-state index contributed by atoms with van der Waals surface area (Å²) in [5.41, 5.74) is 5.45. The molecule has 2 aromatic heterocycles. The maximum atomic E-state index is 12.5. The topological polar surface area (TPSA) is 66.9 Å². The molecule has 1 spiro atoms. The lowest BCUT2D eigenvalue weighted by atomic mass is 9.65. The van der Waals surface area contributed by atoms with Crippen LogP contribution in [-0.4, -0.2) is 22.1 Å². The lowest BCUT2D eigenvalue weighted by molar-refractivity contribution is -0.123. The number of carbonyl (C=O) groups excluding carboxylic acids is 1. The molecule has 6 rings (SSSR count). The zero-order chi connectivity index (χ0) is 24.0. The van der Waals surface area contributed by atoms with Gasteiger partial charge in [0.15, 0.2) is 0 Å². The van der Waals surface area contributed by atoms with Gasteiger partial charge in [-0.05, 0) is 85.5 Å². The molecule has 1 aliphatic heterocycles. The molecule has 1 saturated carbocycles. The van der Waals surface area contributed by atoms with Crippen molar-refractivity contribution in [2.24, 2.45) is 0 Å². The summed E-state index contributed by atoms with van der Waals surface area (Å²) in [5, 5.41) is 8.42. The first kappa shape index (κ1) is 21.7. The monoisotopic (exact) mass is 476 g/mol. The molecule has 0 atom stereocenters. The van der Waals surface area contributed by atoms with Crippen LogP contribution in [0.5, 0.6) is 0 Å². The second kappa shape index (κ2) is 8.44. The van der Waals surface area contributed by atoms with Gasteiger partial charge in [0.05, 0.1) is 5.41 Å². The first-order chi connectivity index (χ1) is 17.1. The van der Waals surface area contributed by atoms with E-state index in [2.05, 4.69) is 69.9 Å². The maximum Gasteiger partial charge on any atom is 0.235 e. The summed E-state index contributed by atoms with van der Waals surface area (Å²) in [6.07, 6.45) is 8.65. The van der Waals surface area contributed by atoms with Crippen LogP contribution in [0.2, 0.25) is 0 Å². The van der Waals surface area contributed by atoms with Gasteiger partial charge in [-0.2, -0.15) is 0 Å². The smallest absolute Gasteiger partial charge is 0.235 e. The van der Waals surface area contributed by atoms with Crippen molar-refractivity contribution in [2.75, 3.05) is 16.9 Å². The Morgan fingerprint density at radius 2 is 1.94 bits per heavy atom. The third-order valence-electron chi connectivity index (χ3n) is 7.09. The molecule has 0 unspecified atom stereocenters. The number of rotatable bonds is 3. The van der Waals surface area contributed by atoms with E-state index in [0.29, 0.717) is 5.69 Å². The molecule has 2 N–H and O–H groups in total. The van der Waals surface area contributed by atoms with Crippen molar-refractivity contribution < 1.29 is 4.79 Å². The Morgan fingerprint density at radius 3 is 2.71 bits per heavy atom. The van der Waals surface area contributed by atoms with Crippen LogP contribution in [0.1, 0.15) is 41.6 Å². The van der Waals surface area contributed by atoms with Gasteiger partial charge in [0.2, 0.25) is 5.91 Å². The highest BCUT2D eigenvalue weighted by Crippen LogP contribution is 2.51. The van der Waals surface area contributed by atoms with E-state index in [4.69, 9.17) is 0 Å². The molecule has 2 aromatic carbocycles. The second-order valence-corrected chi connectivity index (χ2v) is 10.0. The molecular formula is C29H24N4OS. The number of anilines is 3. The summed E-state index contributed by atoms with van der Waals surface area (Å²) in [5.74, 6) is 7.37. The number of aromatic nitrogens is 2. The predicted molar refractivity (Wildman–Crippen MR) is 142 cm³/mol. The largest absolute Gasteiger partial charge is 0.340 e. The minimum absolute atomic E-state index is 0.130. The Balaban J connectivity index is 1.31. The first-order valence-electron chi connectivity index (χ1n) is 11.7. The number of hydrogen-bond donors (Lipinski definition) is 2. The highest BCUT2D eigenvalue weighted by atomic mass is 32.2. The molecule has 1 amide bonds. The minimum atomic E-state index is -0.303. The number of nitrogens with zero attached hydrogens (tertiary/aromatic N) is 2. The molecule has 2 aliphatic rings. The van der Waals surface area contributed by atoms with Gasteiger partial charge >= 0.3 is 0 Å². The van der Waals surface area contributed by atoms with Crippen LogP contribution in [0.4, 0.5) is 17.2 Å². The van der Waals surface area contributed by atoms with Gasteiger partial charge in [0.1, 0.15) is 11.5 Å². The van der Waals surface area contributed by atoms with Crippen molar-refractivity contribution in [3.63, 3.8) is 0 Å². The third kappa shape index (κ3) is 3.73. The number of hydrogen-bond acceptors (Lipinski definition) is 5. The molecule has 6 heteroatoms. The summed E-state index contributed by atoms with van der Waals surface area (Å²) in [6.45, 7) is 2.09. The molecule has 1 aliphatic carbocycles. The summed E-state index contributed by atoms with van der Waals surface area (Å²) < 4.78 is 0. The van der Waals surface area contributed by atoms with Crippen molar-refractivity contribution in [1.82, 2.24) is 9.97 Å². The van der Waals surface area contributed by atoms with Crippen molar-refractivity contribution >= 4 is 45.6 Å². The standard InChI is InChI=1S/C29H24N4OS/c1-18-14-21(35-2)6-9-24(18)32-27-16-22-20(17-31-27)10-13-30-25(22)8-5-19-4-7-23-26(15-19)33-28(34)29(23)11-3-12-29/h4,6-7,9-10,13-17H,3,11-12H2,1-2H3,(H,31,32)(H,33,34). The number of pyridine rings is 2. The summed E-state index contributed by atoms with van der Waals surface area (Å²) >= 11 is 1.73. The quantitative estimate of drug-likeness (QED) is 0.273. The molecule has 1 fully saturated rings. The molecule has 35 heavy (non-hydrogen) atoms. The van der Waals surface area contributed by atoms with Gasteiger partial charge in [0, 0.05) is 45.0 Å². The van der Waals surface area contributed by atoms with Crippen molar-refractivity contribution in [3.8, 4) is 11.8 Å². The number of fused-ring (bicyclic) bond motifs is 3. The number of carbonyl (C=O) groups is 1. The summed E-state index contributed by atoms with van der Waals surface area (Å²) in [7, 11) is 0. The molecular weight excluding hydrogens is 452 g/mol. The SMILES string of the molecule is CSc1ccc(Nc2cc3c(C#Cc4ccc5c(c4)NC(=O)C54CCC4)nccc3cn2)c(C)c1. The van der Waals surface area contributed by atoms with Crippen LogP contribution >= 0.6 is 11.8 Å². The van der Waals surface area contributed by atoms with E-state index < -0.39 is 0 Å². The summed E-state index contributed by atoms with van der Waals surface area (Å²) in [6, 6.07) is 16.3.